The molecule has 1 aliphatic rings. The van der Waals surface area contributed by atoms with Gasteiger partial charge in [-0.2, -0.15) is 0 Å². The topological polar surface area (TPSA) is 105 Å². The highest BCUT2D eigenvalue weighted by Crippen LogP contribution is 2.32. The Bertz CT molecular complexity index is 537. The fourth-order valence-electron chi connectivity index (χ4n) is 1.52. The van der Waals surface area contributed by atoms with E-state index in [4.69, 9.17) is 19.7 Å². The van der Waals surface area contributed by atoms with Crippen molar-refractivity contribution in [3.05, 3.63) is 35.9 Å². The lowest BCUT2D eigenvalue weighted by molar-refractivity contribution is -0.134. The van der Waals surface area contributed by atoms with E-state index in [1.807, 2.05) is 12.1 Å². The van der Waals surface area contributed by atoms with Gasteiger partial charge in [0.1, 0.15) is 0 Å². The number of carboxylic acid groups (broad SMARTS) is 2. The second-order valence-electron chi connectivity index (χ2n) is 4.73. The van der Waals surface area contributed by atoms with Crippen LogP contribution in [0.25, 0.3) is 0 Å². The van der Waals surface area contributed by atoms with E-state index in [0.29, 0.717) is 25.0 Å². The summed E-state index contributed by atoms with van der Waals surface area (Å²) in [5.74, 6) is -0.814. The third-order valence-corrected chi connectivity index (χ3v) is 2.52. The van der Waals surface area contributed by atoms with Crippen LogP contribution in [0.2, 0.25) is 0 Å². The van der Waals surface area contributed by atoms with Crippen molar-refractivity contribution in [3.8, 4) is 11.5 Å². The summed E-state index contributed by atoms with van der Waals surface area (Å²) in [6.07, 6.45) is 1.12. The van der Waals surface area contributed by atoms with Crippen LogP contribution in [-0.2, 0) is 16.1 Å². The fourth-order valence-corrected chi connectivity index (χ4v) is 1.52. The summed E-state index contributed by atoms with van der Waals surface area (Å²) in [5, 5.41) is 19.0. The van der Waals surface area contributed by atoms with Crippen molar-refractivity contribution in [2.45, 2.75) is 26.4 Å². The van der Waals surface area contributed by atoms with Crippen molar-refractivity contribution in [2.24, 2.45) is 0 Å². The number of carbonyl (C=O) groups is 2. The van der Waals surface area contributed by atoms with Gasteiger partial charge in [0, 0.05) is 24.7 Å². The summed E-state index contributed by atoms with van der Waals surface area (Å²) in [4.78, 5) is 19.1. The van der Waals surface area contributed by atoms with Gasteiger partial charge in [0.15, 0.2) is 11.5 Å². The van der Waals surface area contributed by atoms with Gasteiger partial charge in [-0.25, -0.2) is 9.59 Å². The van der Waals surface area contributed by atoms with Crippen LogP contribution >= 0.6 is 0 Å². The van der Waals surface area contributed by atoms with Crippen molar-refractivity contribution < 1.29 is 29.3 Å². The minimum absolute atomic E-state index is 0.344. The molecule has 0 atom stereocenters. The Balaban J connectivity index is 0.000000261. The lowest BCUT2D eigenvalue weighted by Gasteiger charge is -2.08. The lowest BCUT2D eigenvalue weighted by Crippen LogP contribution is -2.21. The fraction of sp³-hybridized carbons (Fsp3) is 0.333. The Kier molecular flexibility index (Phi) is 6.91. The molecule has 0 aromatic heterocycles. The summed E-state index contributed by atoms with van der Waals surface area (Å²) in [6, 6.07) is 6.54. The van der Waals surface area contributed by atoms with E-state index >= 15 is 0 Å². The maximum Gasteiger partial charge on any atom is 0.328 e. The zero-order valence-electron chi connectivity index (χ0n) is 12.4. The number of carboxylic acids is 2. The minimum Gasteiger partial charge on any atom is -0.478 e. The molecular formula is C15H19NO6. The molecule has 120 valence electrons. The number of hydrogen-bond donors (Lipinski definition) is 3. The smallest absolute Gasteiger partial charge is 0.328 e. The van der Waals surface area contributed by atoms with Crippen LogP contribution in [0.15, 0.2) is 30.4 Å². The second-order valence-corrected chi connectivity index (χ2v) is 4.73. The van der Waals surface area contributed by atoms with Gasteiger partial charge in [0.25, 0.3) is 0 Å². The zero-order valence-corrected chi connectivity index (χ0v) is 12.4. The average Bonchev–Trinajstić information content (AvgIpc) is 2.91. The summed E-state index contributed by atoms with van der Waals surface area (Å²) in [5.41, 5.74) is 1.22. The van der Waals surface area contributed by atoms with Crippen LogP contribution in [0.4, 0.5) is 0 Å². The van der Waals surface area contributed by atoms with E-state index < -0.39 is 11.9 Å². The van der Waals surface area contributed by atoms with Gasteiger partial charge >= 0.3 is 11.9 Å². The minimum atomic E-state index is -1.26. The van der Waals surface area contributed by atoms with Gasteiger partial charge in [-0.15, -0.1) is 0 Å². The molecule has 0 radical (unpaired) electrons. The van der Waals surface area contributed by atoms with Crippen molar-refractivity contribution in [1.29, 1.82) is 0 Å². The van der Waals surface area contributed by atoms with Crippen LogP contribution in [0.3, 0.4) is 0 Å². The number of fused-ring (bicyclic) bond motifs is 1. The summed E-state index contributed by atoms with van der Waals surface area (Å²) in [7, 11) is 0. The summed E-state index contributed by atoms with van der Waals surface area (Å²) in [6.45, 7) is 5.48. The molecule has 0 fully saturated rings. The van der Waals surface area contributed by atoms with E-state index in [2.05, 4.69) is 25.2 Å². The van der Waals surface area contributed by atoms with E-state index in [1.165, 1.54) is 5.56 Å². The molecule has 7 nitrogen and oxygen atoms in total. The van der Waals surface area contributed by atoms with Gasteiger partial charge in [-0.1, -0.05) is 19.9 Å². The Morgan fingerprint density at radius 1 is 1.18 bits per heavy atom. The molecule has 1 aromatic carbocycles. The summed E-state index contributed by atoms with van der Waals surface area (Å²) >= 11 is 0. The van der Waals surface area contributed by atoms with E-state index in [9.17, 15) is 9.59 Å². The number of rotatable bonds is 5. The van der Waals surface area contributed by atoms with Crippen molar-refractivity contribution in [1.82, 2.24) is 5.32 Å². The standard InChI is InChI=1S/C11H15NO2.C4H4O4/c1-8(2)12-6-9-3-4-10-11(5-9)14-7-13-10;5-3(6)1-2-4(7)8/h3-5,8,12H,6-7H2,1-2H3;1-2H,(H,5,6)(H,7,8). The third kappa shape index (κ3) is 6.76. The van der Waals surface area contributed by atoms with Gasteiger partial charge in [-0.3, -0.25) is 0 Å². The molecule has 0 saturated heterocycles. The number of benzene rings is 1. The van der Waals surface area contributed by atoms with Crippen molar-refractivity contribution in [2.75, 3.05) is 6.79 Å². The first kappa shape index (κ1) is 17.5. The molecule has 0 aliphatic carbocycles. The van der Waals surface area contributed by atoms with Gasteiger partial charge in [-0.05, 0) is 17.7 Å². The Labute approximate surface area is 128 Å². The number of hydrogen-bond acceptors (Lipinski definition) is 5. The van der Waals surface area contributed by atoms with Crippen LogP contribution < -0.4 is 14.8 Å². The molecule has 0 bridgehead atoms. The Hall–Kier alpha value is -2.54. The molecule has 1 heterocycles. The molecule has 7 heteroatoms. The van der Waals surface area contributed by atoms with Crippen LogP contribution in [0.5, 0.6) is 11.5 Å². The maximum atomic E-state index is 9.55. The number of ether oxygens (including phenoxy) is 2. The van der Waals surface area contributed by atoms with Crippen LogP contribution in [0.1, 0.15) is 19.4 Å². The first-order valence-electron chi connectivity index (χ1n) is 6.64. The molecule has 3 N–H and O–H groups in total. The van der Waals surface area contributed by atoms with E-state index in [0.717, 1.165) is 18.0 Å². The molecule has 1 aromatic rings. The predicted octanol–water partition coefficient (Wildman–Crippen LogP) is 1.63. The molecule has 0 spiro atoms. The Morgan fingerprint density at radius 3 is 2.32 bits per heavy atom. The van der Waals surface area contributed by atoms with Gasteiger partial charge < -0.3 is 25.0 Å². The number of nitrogens with one attached hydrogen (secondary N) is 1. The zero-order chi connectivity index (χ0) is 16.5. The van der Waals surface area contributed by atoms with Crippen molar-refractivity contribution in [3.63, 3.8) is 0 Å². The summed E-state index contributed by atoms with van der Waals surface area (Å²) < 4.78 is 10.5. The first-order valence-corrected chi connectivity index (χ1v) is 6.64. The van der Waals surface area contributed by atoms with Crippen molar-refractivity contribution >= 4 is 11.9 Å². The van der Waals surface area contributed by atoms with Crippen LogP contribution in [-0.4, -0.2) is 35.0 Å². The molecule has 1 aliphatic heterocycles. The maximum absolute atomic E-state index is 9.55. The largest absolute Gasteiger partial charge is 0.478 e. The molecule has 22 heavy (non-hydrogen) atoms. The average molecular weight is 309 g/mol. The van der Waals surface area contributed by atoms with Crippen LogP contribution in [0, 0.1) is 0 Å². The Morgan fingerprint density at radius 2 is 1.77 bits per heavy atom. The lowest BCUT2D eigenvalue weighted by atomic mass is 10.2. The third-order valence-electron chi connectivity index (χ3n) is 2.52. The van der Waals surface area contributed by atoms with E-state index in [-0.39, 0.29) is 0 Å². The number of aliphatic carboxylic acids is 2. The molecule has 2 rings (SSSR count). The molecular weight excluding hydrogens is 290 g/mol. The highest BCUT2D eigenvalue weighted by atomic mass is 16.7. The van der Waals surface area contributed by atoms with Gasteiger partial charge in [0.05, 0.1) is 0 Å². The molecule has 0 amide bonds. The highest BCUT2D eigenvalue weighted by Gasteiger charge is 2.12. The molecule has 0 saturated carbocycles. The normalized spacial score (nSPS) is 12.1. The van der Waals surface area contributed by atoms with Gasteiger partial charge in [0.2, 0.25) is 6.79 Å². The second kappa shape index (κ2) is 8.68. The highest BCUT2D eigenvalue weighted by molar-refractivity contribution is 5.89. The van der Waals surface area contributed by atoms with E-state index in [1.54, 1.807) is 0 Å². The predicted molar refractivity (Wildman–Crippen MR) is 79.0 cm³/mol. The molecule has 0 unspecified atom stereocenters. The monoisotopic (exact) mass is 309 g/mol. The first-order chi connectivity index (χ1) is 10.4. The SMILES string of the molecule is CC(C)NCc1ccc2c(c1)OCO2.O=C(O)C=CC(=O)O. The quantitative estimate of drug-likeness (QED) is 0.710.